The third-order valence-electron chi connectivity index (χ3n) is 3.21. The molecule has 5 heteroatoms. The minimum Gasteiger partial charge on any atom is -1.00 e. The Labute approximate surface area is 143 Å². The Balaban J connectivity index is 0.00000220. The first-order chi connectivity index (χ1) is 9.37. The molecule has 4 nitrogen and oxygen atoms in total. The number of hydrogen-bond donors (Lipinski definition) is 0. The fourth-order valence-electron chi connectivity index (χ4n) is 1.97. The maximum Gasteiger partial charge on any atom is 0.269 e. The van der Waals surface area contributed by atoms with Gasteiger partial charge in [0.05, 0.1) is 39.9 Å². The van der Waals surface area contributed by atoms with Crippen LogP contribution in [-0.2, 0) is 6.54 Å². The molecule has 0 aliphatic rings. The van der Waals surface area contributed by atoms with E-state index in [0.29, 0.717) is 6.54 Å². The van der Waals surface area contributed by atoms with E-state index in [4.69, 9.17) is 0 Å². The lowest BCUT2D eigenvalue weighted by molar-refractivity contribution is -0.871. The molecule has 1 heterocycles. The summed E-state index contributed by atoms with van der Waals surface area (Å²) in [6, 6.07) is 11.8. The van der Waals surface area contributed by atoms with Gasteiger partial charge in [-0.15, -0.1) is 0 Å². The molecule has 2 aromatic rings. The van der Waals surface area contributed by atoms with Gasteiger partial charge in [0.2, 0.25) is 0 Å². The molecule has 0 aliphatic carbocycles. The third kappa shape index (κ3) is 4.93. The van der Waals surface area contributed by atoms with Gasteiger partial charge < -0.3 is 28.5 Å². The van der Waals surface area contributed by atoms with Crippen molar-refractivity contribution < 1.29 is 28.5 Å². The Morgan fingerprint density at radius 2 is 1.76 bits per heavy atom. The van der Waals surface area contributed by atoms with Crippen LogP contribution in [0.2, 0.25) is 0 Å². The van der Waals surface area contributed by atoms with E-state index in [1.165, 1.54) is 0 Å². The summed E-state index contributed by atoms with van der Waals surface area (Å²) in [5.74, 6) is 0. The topological polar surface area (TPSA) is 34.9 Å². The zero-order chi connectivity index (χ0) is 14.8. The molecule has 0 radical (unpaired) electrons. The van der Waals surface area contributed by atoms with Gasteiger partial charge in [0.25, 0.3) is 5.56 Å². The second-order valence-electron chi connectivity index (χ2n) is 6.12. The fourth-order valence-corrected chi connectivity index (χ4v) is 1.97. The van der Waals surface area contributed by atoms with Gasteiger partial charge in [0.1, 0.15) is 0 Å². The van der Waals surface area contributed by atoms with Gasteiger partial charge in [-0.2, -0.15) is 5.10 Å². The highest BCUT2D eigenvalue weighted by molar-refractivity contribution is 5.58. The standard InChI is InChI=1S/C16H22N3O.HI/c1-13-12-15(14-8-6-5-7-9-14)17-18(16(13)20)10-11-19(2,3)4;/h5-9,12H,10-11H2,1-4H3;1H/q+1;/p-1. The van der Waals surface area contributed by atoms with Crippen LogP contribution >= 0.6 is 0 Å². The predicted molar refractivity (Wildman–Crippen MR) is 81.6 cm³/mol. The highest BCUT2D eigenvalue weighted by atomic mass is 127. The maximum absolute atomic E-state index is 12.2. The minimum atomic E-state index is -0.00173. The highest BCUT2D eigenvalue weighted by Crippen LogP contribution is 2.15. The van der Waals surface area contributed by atoms with E-state index in [0.717, 1.165) is 27.8 Å². The molecule has 21 heavy (non-hydrogen) atoms. The Kier molecular flexibility index (Phi) is 6.10. The molecule has 114 valence electrons. The third-order valence-corrected chi connectivity index (χ3v) is 3.21. The average molecular weight is 399 g/mol. The molecule has 0 saturated heterocycles. The van der Waals surface area contributed by atoms with Crippen molar-refractivity contribution in [2.24, 2.45) is 0 Å². The lowest BCUT2D eigenvalue weighted by Crippen LogP contribution is -3.00. The Bertz CT molecular complexity index is 645. The lowest BCUT2D eigenvalue weighted by atomic mass is 10.1. The second-order valence-corrected chi connectivity index (χ2v) is 6.12. The number of quaternary nitrogens is 1. The van der Waals surface area contributed by atoms with Gasteiger partial charge in [-0.25, -0.2) is 4.68 Å². The van der Waals surface area contributed by atoms with Crippen molar-refractivity contribution in [3.63, 3.8) is 0 Å². The molecule has 2 rings (SSSR count). The van der Waals surface area contributed by atoms with Gasteiger partial charge in [-0.3, -0.25) is 4.79 Å². The van der Waals surface area contributed by atoms with Gasteiger partial charge in [-0.05, 0) is 13.0 Å². The number of benzene rings is 1. The smallest absolute Gasteiger partial charge is 0.269 e. The van der Waals surface area contributed by atoms with Crippen molar-refractivity contribution in [1.29, 1.82) is 0 Å². The Morgan fingerprint density at radius 1 is 1.14 bits per heavy atom. The average Bonchev–Trinajstić information content (AvgIpc) is 2.40. The summed E-state index contributed by atoms with van der Waals surface area (Å²) in [4.78, 5) is 12.2. The molecule has 1 aromatic heterocycles. The maximum atomic E-state index is 12.2. The van der Waals surface area contributed by atoms with Crippen molar-refractivity contribution in [3.05, 3.63) is 52.3 Å². The van der Waals surface area contributed by atoms with Crippen LogP contribution in [0.1, 0.15) is 5.56 Å². The number of aryl methyl sites for hydroxylation is 1. The van der Waals surface area contributed by atoms with E-state index in [1.807, 2.05) is 43.3 Å². The molecule has 0 bridgehead atoms. The van der Waals surface area contributed by atoms with E-state index in [2.05, 4.69) is 26.2 Å². The van der Waals surface area contributed by atoms with Crippen LogP contribution in [0.15, 0.2) is 41.2 Å². The minimum absolute atomic E-state index is 0. The van der Waals surface area contributed by atoms with E-state index < -0.39 is 0 Å². The van der Waals surface area contributed by atoms with Crippen LogP contribution in [-0.4, -0.2) is 42.0 Å². The zero-order valence-electron chi connectivity index (χ0n) is 13.0. The monoisotopic (exact) mass is 399 g/mol. The van der Waals surface area contributed by atoms with Crippen molar-refractivity contribution in [1.82, 2.24) is 9.78 Å². The highest BCUT2D eigenvalue weighted by Gasteiger charge is 2.11. The number of hydrogen-bond acceptors (Lipinski definition) is 2. The number of nitrogens with zero attached hydrogens (tertiary/aromatic N) is 3. The molecule has 1 aromatic carbocycles. The van der Waals surface area contributed by atoms with E-state index >= 15 is 0 Å². The molecule has 0 amide bonds. The van der Waals surface area contributed by atoms with Crippen LogP contribution in [0, 0.1) is 6.92 Å². The molecule has 0 spiro atoms. The van der Waals surface area contributed by atoms with Gasteiger partial charge in [-0.1, -0.05) is 30.3 Å². The molecule has 0 N–H and O–H groups in total. The first kappa shape index (κ1) is 17.8. The molecule has 0 atom stereocenters. The molecular weight excluding hydrogens is 377 g/mol. The van der Waals surface area contributed by atoms with Crippen molar-refractivity contribution in [2.45, 2.75) is 13.5 Å². The van der Waals surface area contributed by atoms with Crippen molar-refractivity contribution >= 4 is 0 Å². The summed E-state index contributed by atoms with van der Waals surface area (Å²) < 4.78 is 2.39. The number of likely N-dealkylation sites (N-methyl/N-ethyl adjacent to an activating group) is 1. The molecule has 0 saturated carbocycles. The first-order valence-corrected chi connectivity index (χ1v) is 6.81. The molecule has 0 fully saturated rings. The van der Waals surface area contributed by atoms with Crippen LogP contribution in [0.3, 0.4) is 0 Å². The molecular formula is C16H22IN3O. The first-order valence-electron chi connectivity index (χ1n) is 6.81. The SMILES string of the molecule is Cc1cc(-c2ccccc2)nn(CC[N+](C)(C)C)c1=O.[I-]. The Morgan fingerprint density at radius 3 is 2.33 bits per heavy atom. The van der Waals surface area contributed by atoms with Gasteiger partial charge in [0, 0.05) is 11.1 Å². The fraction of sp³-hybridized carbons (Fsp3) is 0.375. The normalized spacial score (nSPS) is 11.0. The van der Waals surface area contributed by atoms with Crippen LogP contribution in [0.4, 0.5) is 0 Å². The van der Waals surface area contributed by atoms with Gasteiger partial charge >= 0.3 is 0 Å². The van der Waals surface area contributed by atoms with Crippen molar-refractivity contribution in [2.75, 3.05) is 27.7 Å². The summed E-state index contributed by atoms with van der Waals surface area (Å²) in [5.41, 5.74) is 2.62. The summed E-state index contributed by atoms with van der Waals surface area (Å²) in [6.07, 6.45) is 0. The quantitative estimate of drug-likeness (QED) is 0.485. The summed E-state index contributed by atoms with van der Waals surface area (Å²) in [5, 5.41) is 4.50. The lowest BCUT2D eigenvalue weighted by Gasteiger charge is -2.24. The van der Waals surface area contributed by atoms with Crippen LogP contribution in [0.25, 0.3) is 11.3 Å². The number of aromatic nitrogens is 2. The summed E-state index contributed by atoms with van der Waals surface area (Å²) in [6.45, 7) is 3.34. The summed E-state index contributed by atoms with van der Waals surface area (Å²) >= 11 is 0. The van der Waals surface area contributed by atoms with Gasteiger partial charge in [0.15, 0.2) is 0 Å². The van der Waals surface area contributed by atoms with Crippen LogP contribution in [0.5, 0.6) is 0 Å². The van der Waals surface area contributed by atoms with E-state index in [9.17, 15) is 4.79 Å². The zero-order valence-corrected chi connectivity index (χ0v) is 15.2. The van der Waals surface area contributed by atoms with E-state index in [1.54, 1.807) is 4.68 Å². The Hall–Kier alpha value is -1.21. The van der Waals surface area contributed by atoms with Crippen molar-refractivity contribution in [3.8, 4) is 11.3 Å². The number of rotatable bonds is 4. The van der Waals surface area contributed by atoms with E-state index in [-0.39, 0.29) is 29.5 Å². The molecule has 0 aliphatic heterocycles. The predicted octanol–water partition coefficient (Wildman–Crippen LogP) is -1.07. The van der Waals surface area contributed by atoms with Crippen LogP contribution < -0.4 is 29.5 Å². The number of halogens is 1. The second kappa shape index (κ2) is 7.17. The molecule has 0 unspecified atom stereocenters. The largest absolute Gasteiger partial charge is 1.00 e. The summed E-state index contributed by atoms with van der Waals surface area (Å²) in [7, 11) is 6.33.